The first-order chi connectivity index (χ1) is 11.1. The molecule has 0 bridgehead atoms. The number of ether oxygens (including phenoxy) is 1. The van der Waals surface area contributed by atoms with Crippen LogP contribution in [-0.4, -0.2) is 37.5 Å². The second-order valence-electron chi connectivity index (χ2n) is 5.54. The van der Waals surface area contributed by atoms with Crippen LogP contribution in [0.2, 0.25) is 0 Å². The minimum atomic E-state index is -0.523. The molecule has 0 heterocycles. The zero-order chi connectivity index (χ0) is 16.7. The molecule has 1 aromatic carbocycles. The Morgan fingerprint density at radius 1 is 1.09 bits per heavy atom. The van der Waals surface area contributed by atoms with Crippen LogP contribution in [0, 0.1) is 0 Å². The molecular weight excluding hydrogens is 296 g/mol. The molecule has 0 saturated carbocycles. The van der Waals surface area contributed by atoms with E-state index in [0.29, 0.717) is 12.1 Å². The third-order valence-electron chi connectivity index (χ3n) is 3.69. The molecule has 0 aromatic heterocycles. The summed E-state index contributed by atoms with van der Waals surface area (Å²) < 4.78 is 4.98. The topological polar surface area (TPSA) is 84.5 Å². The minimum Gasteiger partial charge on any atom is -0.452 e. The number of carbonyl (C=O) groups excluding carboxylic acids is 3. The zero-order valence-electron chi connectivity index (χ0n) is 13.3. The van der Waals surface area contributed by atoms with E-state index in [1.165, 1.54) is 11.1 Å². The van der Waals surface area contributed by atoms with Crippen molar-refractivity contribution in [1.82, 2.24) is 10.6 Å². The number of esters is 1. The number of carbonyl (C=O) groups is 3. The first kappa shape index (κ1) is 17.0. The summed E-state index contributed by atoms with van der Waals surface area (Å²) in [5, 5.41) is 5.05. The van der Waals surface area contributed by atoms with Gasteiger partial charge in [0.25, 0.3) is 5.91 Å². The summed E-state index contributed by atoms with van der Waals surface area (Å²) in [5.41, 5.74) is 2.91. The molecule has 0 radical (unpaired) electrons. The van der Waals surface area contributed by atoms with Crippen molar-refractivity contribution in [3.8, 4) is 0 Å². The van der Waals surface area contributed by atoms with Gasteiger partial charge in [0, 0.05) is 6.54 Å². The SMILES string of the molecule is CCCNC(=O)CNC(=O)COC(=O)c1ccc2c(c1)CCC2. The molecule has 0 saturated heterocycles. The quantitative estimate of drug-likeness (QED) is 0.734. The lowest BCUT2D eigenvalue weighted by Gasteiger charge is -2.08. The van der Waals surface area contributed by atoms with Gasteiger partial charge in [-0.05, 0) is 48.9 Å². The molecule has 2 amide bonds. The molecule has 6 nitrogen and oxygen atoms in total. The van der Waals surface area contributed by atoms with Crippen LogP contribution in [-0.2, 0) is 27.2 Å². The highest BCUT2D eigenvalue weighted by Crippen LogP contribution is 2.23. The molecule has 6 heteroatoms. The predicted molar refractivity (Wildman–Crippen MR) is 85.1 cm³/mol. The Kier molecular flexibility index (Phi) is 6.14. The lowest BCUT2D eigenvalue weighted by molar-refractivity contribution is -0.127. The van der Waals surface area contributed by atoms with Gasteiger partial charge in [0.05, 0.1) is 12.1 Å². The summed E-state index contributed by atoms with van der Waals surface area (Å²) in [5.74, 6) is -1.28. The van der Waals surface area contributed by atoms with Crippen LogP contribution in [0.4, 0.5) is 0 Å². The maximum absolute atomic E-state index is 11.9. The number of rotatable bonds is 7. The van der Waals surface area contributed by atoms with Crippen molar-refractivity contribution in [1.29, 1.82) is 0 Å². The molecular formula is C17H22N2O4. The minimum absolute atomic E-state index is 0.116. The van der Waals surface area contributed by atoms with E-state index in [1.54, 1.807) is 6.07 Å². The van der Waals surface area contributed by atoms with E-state index in [9.17, 15) is 14.4 Å². The predicted octanol–water partition coefficient (Wildman–Crippen LogP) is 0.974. The van der Waals surface area contributed by atoms with Gasteiger partial charge in [-0.2, -0.15) is 0 Å². The molecule has 0 aliphatic heterocycles. The zero-order valence-corrected chi connectivity index (χ0v) is 13.3. The fourth-order valence-corrected chi connectivity index (χ4v) is 2.47. The van der Waals surface area contributed by atoms with E-state index < -0.39 is 18.5 Å². The summed E-state index contributed by atoms with van der Waals surface area (Å²) in [6.45, 7) is 2.01. The van der Waals surface area contributed by atoms with E-state index in [2.05, 4.69) is 10.6 Å². The number of aryl methyl sites for hydroxylation is 2. The molecule has 1 aromatic rings. The number of benzene rings is 1. The van der Waals surface area contributed by atoms with Crippen LogP contribution >= 0.6 is 0 Å². The summed E-state index contributed by atoms with van der Waals surface area (Å²) in [4.78, 5) is 34.9. The fraction of sp³-hybridized carbons (Fsp3) is 0.471. The van der Waals surface area contributed by atoms with Gasteiger partial charge in [-0.1, -0.05) is 13.0 Å². The van der Waals surface area contributed by atoms with E-state index in [4.69, 9.17) is 4.74 Å². The Hall–Kier alpha value is -2.37. The van der Waals surface area contributed by atoms with Crippen molar-refractivity contribution in [2.24, 2.45) is 0 Å². The molecule has 0 spiro atoms. The Morgan fingerprint density at radius 3 is 2.65 bits per heavy atom. The van der Waals surface area contributed by atoms with Crippen molar-refractivity contribution in [2.45, 2.75) is 32.6 Å². The van der Waals surface area contributed by atoms with Crippen LogP contribution < -0.4 is 10.6 Å². The molecule has 2 rings (SSSR count). The number of nitrogens with one attached hydrogen (secondary N) is 2. The Balaban J connectivity index is 1.73. The van der Waals surface area contributed by atoms with Crippen molar-refractivity contribution in [2.75, 3.05) is 19.7 Å². The van der Waals surface area contributed by atoms with Gasteiger partial charge in [-0.15, -0.1) is 0 Å². The van der Waals surface area contributed by atoms with Gasteiger partial charge in [-0.3, -0.25) is 9.59 Å². The van der Waals surface area contributed by atoms with E-state index in [1.807, 2.05) is 19.1 Å². The van der Waals surface area contributed by atoms with Crippen LogP contribution in [0.5, 0.6) is 0 Å². The van der Waals surface area contributed by atoms with Crippen molar-refractivity contribution < 1.29 is 19.1 Å². The second kappa shape index (κ2) is 8.31. The molecule has 0 unspecified atom stereocenters. The molecule has 2 N–H and O–H groups in total. The number of hydrogen-bond acceptors (Lipinski definition) is 4. The van der Waals surface area contributed by atoms with Crippen LogP contribution in [0.1, 0.15) is 41.3 Å². The molecule has 0 atom stereocenters. The average molecular weight is 318 g/mol. The molecule has 1 aliphatic rings. The van der Waals surface area contributed by atoms with Gasteiger partial charge in [0.15, 0.2) is 6.61 Å². The van der Waals surface area contributed by atoms with Crippen LogP contribution in [0.25, 0.3) is 0 Å². The number of fused-ring (bicyclic) bond motifs is 1. The first-order valence-electron chi connectivity index (χ1n) is 7.92. The highest BCUT2D eigenvalue weighted by molar-refractivity contribution is 5.92. The standard InChI is InChI=1S/C17H22N2O4/c1-2-8-18-15(20)10-19-16(21)11-23-17(22)14-7-6-12-4-3-5-13(12)9-14/h6-7,9H,2-5,8,10-11H2,1H3,(H,18,20)(H,19,21). The maximum atomic E-state index is 11.9. The third-order valence-corrected chi connectivity index (χ3v) is 3.69. The summed E-state index contributed by atoms with van der Waals surface area (Å²) in [6.07, 6.45) is 3.96. The van der Waals surface area contributed by atoms with Gasteiger partial charge in [-0.25, -0.2) is 4.79 Å². The molecule has 0 fully saturated rings. The fourth-order valence-electron chi connectivity index (χ4n) is 2.47. The van der Waals surface area contributed by atoms with E-state index in [-0.39, 0.29) is 12.5 Å². The van der Waals surface area contributed by atoms with Crippen molar-refractivity contribution in [3.63, 3.8) is 0 Å². The lowest BCUT2D eigenvalue weighted by atomic mass is 10.1. The highest BCUT2D eigenvalue weighted by Gasteiger charge is 2.15. The maximum Gasteiger partial charge on any atom is 0.338 e. The Bertz CT molecular complexity index is 598. The first-order valence-corrected chi connectivity index (χ1v) is 7.92. The van der Waals surface area contributed by atoms with Gasteiger partial charge < -0.3 is 15.4 Å². The van der Waals surface area contributed by atoms with Crippen molar-refractivity contribution >= 4 is 17.8 Å². The largest absolute Gasteiger partial charge is 0.452 e. The highest BCUT2D eigenvalue weighted by atomic mass is 16.5. The van der Waals surface area contributed by atoms with Gasteiger partial charge in [0.1, 0.15) is 0 Å². The smallest absolute Gasteiger partial charge is 0.338 e. The summed E-state index contributed by atoms with van der Waals surface area (Å²) >= 11 is 0. The van der Waals surface area contributed by atoms with Crippen LogP contribution in [0.3, 0.4) is 0 Å². The molecule has 23 heavy (non-hydrogen) atoms. The van der Waals surface area contributed by atoms with Crippen molar-refractivity contribution in [3.05, 3.63) is 34.9 Å². The Labute approximate surface area is 135 Å². The van der Waals surface area contributed by atoms with E-state index >= 15 is 0 Å². The van der Waals surface area contributed by atoms with E-state index in [0.717, 1.165) is 25.7 Å². The van der Waals surface area contributed by atoms with Gasteiger partial charge in [0.2, 0.25) is 5.91 Å². The monoisotopic (exact) mass is 318 g/mol. The summed E-state index contributed by atoms with van der Waals surface area (Å²) in [7, 11) is 0. The second-order valence-corrected chi connectivity index (χ2v) is 5.54. The average Bonchev–Trinajstić information content (AvgIpc) is 3.03. The molecule has 124 valence electrons. The number of amides is 2. The number of hydrogen-bond donors (Lipinski definition) is 2. The normalized spacial score (nSPS) is 12.4. The van der Waals surface area contributed by atoms with Gasteiger partial charge >= 0.3 is 5.97 Å². The van der Waals surface area contributed by atoms with Crippen LogP contribution in [0.15, 0.2) is 18.2 Å². The third kappa shape index (κ3) is 5.09. The summed E-state index contributed by atoms with van der Waals surface area (Å²) in [6, 6.07) is 5.50. The molecule has 1 aliphatic carbocycles. The lowest BCUT2D eigenvalue weighted by Crippen LogP contribution is -2.38. The Morgan fingerprint density at radius 2 is 1.87 bits per heavy atom.